The number of nitrogens with zero attached hydrogens (tertiary/aromatic N) is 3. The number of nitrogens with one attached hydrogen (secondary N) is 1. The third-order valence-electron chi connectivity index (χ3n) is 4.28. The fourth-order valence-electron chi connectivity index (χ4n) is 2.98. The van der Waals surface area contributed by atoms with E-state index in [-0.39, 0.29) is 25.2 Å². The zero-order valence-electron chi connectivity index (χ0n) is 15.0. The van der Waals surface area contributed by atoms with Crippen LogP contribution in [0.25, 0.3) is 11.4 Å². The molecule has 2 heterocycles. The highest BCUT2D eigenvalue weighted by molar-refractivity contribution is 6.30. The summed E-state index contributed by atoms with van der Waals surface area (Å²) in [5.41, 5.74) is 0.781. The summed E-state index contributed by atoms with van der Waals surface area (Å²) >= 11 is 5.90. The number of ether oxygens (including phenoxy) is 1. The standard InChI is InChI=1S/C18H21ClN4O4/c1-2-26-15(24)11-20-18(25)23-10-4-3-5-14(23)17-21-16(22-27-17)12-6-8-13(19)9-7-12/h6-9,14H,2-5,10-11H2,1H3,(H,20,25)/t14-/m0/s1. The van der Waals surface area contributed by atoms with Gasteiger partial charge in [-0.2, -0.15) is 4.98 Å². The molecule has 0 saturated carbocycles. The van der Waals surface area contributed by atoms with E-state index in [4.69, 9.17) is 20.9 Å². The van der Waals surface area contributed by atoms with Crippen LogP contribution in [-0.2, 0) is 9.53 Å². The molecule has 0 bridgehead atoms. The van der Waals surface area contributed by atoms with Crippen LogP contribution in [0.3, 0.4) is 0 Å². The van der Waals surface area contributed by atoms with Gasteiger partial charge in [0, 0.05) is 17.1 Å². The third kappa shape index (κ3) is 4.77. The lowest BCUT2D eigenvalue weighted by Crippen LogP contribution is -2.46. The molecule has 1 saturated heterocycles. The van der Waals surface area contributed by atoms with Crippen LogP contribution >= 0.6 is 11.6 Å². The van der Waals surface area contributed by atoms with Crippen molar-refractivity contribution in [3.8, 4) is 11.4 Å². The summed E-state index contributed by atoms with van der Waals surface area (Å²) in [6.45, 7) is 2.37. The van der Waals surface area contributed by atoms with Crippen LogP contribution < -0.4 is 5.32 Å². The van der Waals surface area contributed by atoms with Crippen molar-refractivity contribution in [2.75, 3.05) is 19.7 Å². The zero-order valence-corrected chi connectivity index (χ0v) is 15.7. The number of piperidine rings is 1. The first-order valence-electron chi connectivity index (χ1n) is 8.88. The van der Waals surface area contributed by atoms with E-state index in [2.05, 4.69) is 15.5 Å². The molecule has 1 aliphatic heterocycles. The first kappa shape index (κ1) is 19.2. The van der Waals surface area contributed by atoms with Gasteiger partial charge in [-0.25, -0.2) is 4.79 Å². The van der Waals surface area contributed by atoms with Crippen molar-refractivity contribution < 1.29 is 18.8 Å². The minimum absolute atomic E-state index is 0.171. The molecular weight excluding hydrogens is 372 g/mol. The first-order valence-corrected chi connectivity index (χ1v) is 9.26. The average Bonchev–Trinajstić information content (AvgIpc) is 3.17. The van der Waals surface area contributed by atoms with Gasteiger partial charge in [-0.05, 0) is 50.5 Å². The number of benzene rings is 1. The van der Waals surface area contributed by atoms with Crippen LogP contribution in [0.1, 0.15) is 38.1 Å². The van der Waals surface area contributed by atoms with E-state index in [1.54, 1.807) is 24.0 Å². The molecule has 1 aromatic carbocycles. The maximum atomic E-state index is 12.5. The number of hydrogen-bond acceptors (Lipinski definition) is 6. The van der Waals surface area contributed by atoms with Crippen molar-refractivity contribution in [2.24, 2.45) is 0 Å². The Bertz CT molecular complexity index is 793. The number of hydrogen-bond donors (Lipinski definition) is 1. The summed E-state index contributed by atoms with van der Waals surface area (Å²) in [7, 11) is 0. The Morgan fingerprint density at radius 3 is 2.85 bits per heavy atom. The summed E-state index contributed by atoms with van der Waals surface area (Å²) in [4.78, 5) is 30.1. The van der Waals surface area contributed by atoms with Gasteiger partial charge in [0.05, 0.1) is 6.61 Å². The van der Waals surface area contributed by atoms with Gasteiger partial charge >= 0.3 is 12.0 Å². The molecule has 8 nitrogen and oxygen atoms in total. The fourth-order valence-corrected chi connectivity index (χ4v) is 3.11. The van der Waals surface area contributed by atoms with Gasteiger partial charge < -0.3 is 19.5 Å². The molecule has 0 aliphatic carbocycles. The van der Waals surface area contributed by atoms with Crippen molar-refractivity contribution in [3.05, 3.63) is 35.2 Å². The minimum Gasteiger partial charge on any atom is -0.465 e. The third-order valence-corrected chi connectivity index (χ3v) is 4.53. The molecule has 1 aromatic heterocycles. The summed E-state index contributed by atoms with van der Waals surface area (Å²) < 4.78 is 10.3. The molecular formula is C18H21ClN4O4. The molecule has 3 rings (SSSR count). The number of rotatable bonds is 5. The van der Waals surface area contributed by atoms with Crippen molar-refractivity contribution in [2.45, 2.75) is 32.2 Å². The Labute approximate surface area is 161 Å². The second kappa shape index (κ2) is 8.85. The monoisotopic (exact) mass is 392 g/mol. The Morgan fingerprint density at radius 1 is 1.33 bits per heavy atom. The van der Waals surface area contributed by atoms with Gasteiger partial charge in [0.1, 0.15) is 12.6 Å². The highest BCUT2D eigenvalue weighted by Gasteiger charge is 2.32. The molecule has 1 N–H and O–H groups in total. The van der Waals surface area contributed by atoms with E-state index in [1.807, 2.05) is 12.1 Å². The predicted octanol–water partition coefficient (Wildman–Crippen LogP) is 3.19. The van der Waals surface area contributed by atoms with Crippen LogP contribution in [0.4, 0.5) is 4.79 Å². The molecule has 0 radical (unpaired) electrons. The molecule has 1 fully saturated rings. The molecule has 2 aromatic rings. The summed E-state index contributed by atoms with van der Waals surface area (Å²) in [6.07, 6.45) is 2.54. The van der Waals surface area contributed by atoms with Gasteiger partial charge in [0.25, 0.3) is 0 Å². The predicted molar refractivity (Wildman–Crippen MR) is 98.1 cm³/mol. The largest absolute Gasteiger partial charge is 0.465 e. The highest BCUT2D eigenvalue weighted by atomic mass is 35.5. The van der Waals surface area contributed by atoms with Gasteiger partial charge in [-0.3, -0.25) is 4.79 Å². The smallest absolute Gasteiger partial charge is 0.325 e. The fraction of sp³-hybridized carbons (Fsp3) is 0.444. The van der Waals surface area contributed by atoms with E-state index in [9.17, 15) is 9.59 Å². The van der Waals surface area contributed by atoms with Crippen molar-refractivity contribution >= 4 is 23.6 Å². The number of esters is 1. The Kier molecular flexibility index (Phi) is 6.28. The summed E-state index contributed by atoms with van der Waals surface area (Å²) in [6, 6.07) is 6.45. The quantitative estimate of drug-likeness (QED) is 0.785. The highest BCUT2D eigenvalue weighted by Crippen LogP contribution is 2.31. The topological polar surface area (TPSA) is 97.6 Å². The second-order valence-electron chi connectivity index (χ2n) is 6.13. The van der Waals surface area contributed by atoms with Crippen LogP contribution in [0.5, 0.6) is 0 Å². The van der Waals surface area contributed by atoms with E-state index in [1.165, 1.54) is 0 Å². The van der Waals surface area contributed by atoms with Crippen LogP contribution in [0.15, 0.2) is 28.8 Å². The number of urea groups is 1. The Balaban J connectivity index is 1.71. The Morgan fingerprint density at radius 2 is 2.11 bits per heavy atom. The number of amides is 2. The lowest BCUT2D eigenvalue weighted by Gasteiger charge is -2.33. The van der Waals surface area contributed by atoms with Gasteiger partial charge in [-0.1, -0.05) is 16.8 Å². The summed E-state index contributed by atoms with van der Waals surface area (Å²) in [5, 5.41) is 7.24. The molecule has 0 unspecified atom stereocenters. The van der Waals surface area contributed by atoms with Gasteiger partial charge in [0.2, 0.25) is 11.7 Å². The van der Waals surface area contributed by atoms with E-state index >= 15 is 0 Å². The van der Waals surface area contributed by atoms with E-state index in [0.717, 1.165) is 24.8 Å². The maximum Gasteiger partial charge on any atom is 0.325 e. The average molecular weight is 393 g/mol. The number of likely N-dealkylation sites (tertiary alicyclic amines) is 1. The first-order chi connectivity index (χ1) is 13.1. The zero-order chi connectivity index (χ0) is 19.2. The molecule has 2 amide bonds. The van der Waals surface area contributed by atoms with Crippen LogP contribution in [0, 0.1) is 0 Å². The molecule has 144 valence electrons. The van der Waals surface area contributed by atoms with Crippen molar-refractivity contribution in [3.63, 3.8) is 0 Å². The minimum atomic E-state index is -0.470. The molecule has 1 aliphatic rings. The van der Waals surface area contributed by atoms with Gasteiger partial charge in [0.15, 0.2) is 0 Å². The molecule has 1 atom stereocenters. The SMILES string of the molecule is CCOC(=O)CNC(=O)N1CCCC[C@H]1c1nc(-c2ccc(Cl)cc2)no1. The normalized spacial score (nSPS) is 16.8. The van der Waals surface area contributed by atoms with E-state index < -0.39 is 5.97 Å². The lowest BCUT2D eigenvalue weighted by atomic mass is 10.0. The van der Waals surface area contributed by atoms with Crippen LogP contribution in [0.2, 0.25) is 5.02 Å². The Hall–Kier alpha value is -2.61. The lowest BCUT2D eigenvalue weighted by molar-refractivity contribution is -0.141. The molecule has 27 heavy (non-hydrogen) atoms. The van der Waals surface area contributed by atoms with Gasteiger partial charge in [-0.15, -0.1) is 0 Å². The number of aromatic nitrogens is 2. The summed E-state index contributed by atoms with van der Waals surface area (Å²) in [5.74, 6) is 0.354. The van der Waals surface area contributed by atoms with Crippen molar-refractivity contribution in [1.82, 2.24) is 20.4 Å². The number of carbonyl (C=O) groups excluding carboxylic acids is 2. The van der Waals surface area contributed by atoms with Crippen molar-refractivity contribution in [1.29, 1.82) is 0 Å². The number of carbonyl (C=O) groups is 2. The molecule has 9 heteroatoms. The number of halogens is 1. The molecule has 0 spiro atoms. The van der Waals surface area contributed by atoms with Crippen LogP contribution in [-0.4, -0.2) is 46.7 Å². The van der Waals surface area contributed by atoms with E-state index in [0.29, 0.717) is 23.3 Å². The maximum absolute atomic E-state index is 12.5. The second-order valence-corrected chi connectivity index (χ2v) is 6.57.